The quantitative estimate of drug-likeness (QED) is 0.455. The summed E-state index contributed by atoms with van der Waals surface area (Å²) in [5.41, 5.74) is 3.90. The third kappa shape index (κ3) is 4.20. The molecular weight excluding hydrogens is 179 g/mol. The van der Waals surface area contributed by atoms with Crippen molar-refractivity contribution >= 4 is 6.71 Å². The second-order valence-corrected chi connectivity index (χ2v) is 3.78. The zero-order chi connectivity index (χ0) is 11.8. The van der Waals surface area contributed by atoms with Gasteiger partial charge in [0.25, 0.3) is 0 Å². The molecule has 0 saturated heterocycles. The number of hydrogen-bond donors (Lipinski definition) is 0. The molecule has 0 unspecified atom stereocenters. The second-order valence-electron chi connectivity index (χ2n) is 3.78. The van der Waals surface area contributed by atoms with Crippen LogP contribution in [0.15, 0.2) is 60.1 Å². The summed E-state index contributed by atoms with van der Waals surface area (Å²) in [5.74, 6) is 0. The van der Waals surface area contributed by atoms with E-state index in [0.717, 1.165) is 0 Å². The van der Waals surface area contributed by atoms with E-state index < -0.39 is 0 Å². The highest BCUT2D eigenvalue weighted by molar-refractivity contribution is 6.74. The van der Waals surface area contributed by atoms with Crippen molar-refractivity contribution in [3.8, 4) is 0 Å². The zero-order valence-electron chi connectivity index (χ0n) is 10.4. The Morgan fingerprint density at radius 3 is 2.13 bits per heavy atom. The highest BCUT2D eigenvalue weighted by atomic mass is 13.9. The van der Waals surface area contributed by atoms with Crippen LogP contribution in [0.1, 0.15) is 20.8 Å². The van der Waals surface area contributed by atoms with Gasteiger partial charge in [-0.2, -0.15) is 0 Å². The number of hydrogen-bond acceptors (Lipinski definition) is 0. The molecule has 1 heteroatoms. The van der Waals surface area contributed by atoms with Crippen LogP contribution in [0.4, 0.5) is 0 Å². The molecule has 0 aromatic heterocycles. The van der Waals surface area contributed by atoms with Crippen molar-refractivity contribution in [3.05, 3.63) is 60.1 Å². The van der Waals surface area contributed by atoms with E-state index in [4.69, 9.17) is 0 Å². The Labute approximate surface area is 94.9 Å². The first-order valence-corrected chi connectivity index (χ1v) is 5.33. The standard InChI is InChI=1S/C14H21B/c1-7-10-13(9-3)15(6)14(11-8-2)12(4)5/h7-11H,1,3H2,2,4-6H3/b11-8-,13-10+. The van der Waals surface area contributed by atoms with Crippen molar-refractivity contribution < 1.29 is 0 Å². The second kappa shape index (κ2) is 7.11. The van der Waals surface area contributed by atoms with Crippen LogP contribution in [0, 0.1) is 0 Å². The lowest BCUT2D eigenvalue weighted by atomic mass is 9.40. The van der Waals surface area contributed by atoms with Crippen molar-refractivity contribution in [2.24, 2.45) is 0 Å². The molecule has 0 rings (SSSR count). The van der Waals surface area contributed by atoms with Gasteiger partial charge in [0.05, 0.1) is 0 Å². The fraction of sp³-hybridized carbons (Fsp3) is 0.286. The highest BCUT2D eigenvalue weighted by Gasteiger charge is 2.14. The average Bonchev–Trinajstić information content (AvgIpc) is 2.21. The predicted octanol–water partition coefficient (Wildman–Crippen LogP) is 4.40. The summed E-state index contributed by atoms with van der Waals surface area (Å²) in [6.07, 6.45) is 9.97. The summed E-state index contributed by atoms with van der Waals surface area (Å²) in [6, 6.07) is 0. The smallest absolute Gasteiger partial charge is 0.0996 e. The maximum atomic E-state index is 3.84. The average molecular weight is 200 g/mol. The molecule has 0 amide bonds. The molecule has 0 bridgehead atoms. The normalized spacial score (nSPS) is 11.3. The van der Waals surface area contributed by atoms with E-state index in [-0.39, 0.29) is 0 Å². The fourth-order valence-electron chi connectivity index (χ4n) is 1.63. The van der Waals surface area contributed by atoms with Gasteiger partial charge in [0.2, 0.25) is 6.71 Å². The zero-order valence-corrected chi connectivity index (χ0v) is 10.4. The molecule has 0 saturated carbocycles. The molecule has 0 aliphatic rings. The van der Waals surface area contributed by atoms with E-state index >= 15 is 0 Å². The maximum absolute atomic E-state index is 3.84. The minimum atomic E-state index is 0.377. The Balaban J connectivity index is 5.19. The Kier molecular flexibility index (Phi) is 6.52. The molecule has 0 aliphatic carbocycles. The van der Waals surface area contributed by atoms with Crippen molar-refractivity contribution in [2.45, 2.75) is 27.6 Å². The molecule has 0 aromatic carbocycles. The monoisotopic (exact) mass is 200 g/mol. The molecule has 0 aliphatic heterocycles. The van der Waals surface area contributed by atoms with E-state index in [1.54, 1.807) is 0 Å². The molecule has 0 N–H and O–H groups in total. The lowest BCUT2D eigenvalue weighted by Crippen LogP contribution is -2.14. The Morgan fingerprint density at radius 1 is 1.20 bits per heavy atom. The molecular formula is C14H21B. The van der Waals surface area contributed by atoms with Crippen LogP contribution in [0.5, 0.6) is 0 Å². The Hall–Kier alpha value is -1.24. The fourth-order valence-corrected chi connectivity index (χ4v) is 1.63. The molecule has 0 atom stereocenters. The first-order valence-electron chi connectivity index (χ1n) is 5.33. The summed E-state index contributed by atoms with van der Waals surface area (Å²) in [4.78, 5) is 0. The molecule has 15 heavy (non-hydrogen) atoms. The van der Waals surface area contributed by atoms with Gasteiger partial charge in [-0.05, 0) is 20.8 Å². The van der Waals surface area contributed by atoms with Crippen molar-refractivity contribution in [2.75, 3.05) is 0 Å². The number of rotatable bonds is 5. The molecule has 0 nitrogen and oxygen atoms in total. The van der Waals surface area contributed by atoms with Gasteiger partial charge in [-0.1, -0.05) is 66.9 Å². The lowest BCUT2D eigenvalue weighted by molar-refractivity contribution is 1.36. The van der Waals surface area contributed by atoms with Crippen LogP contribution in [0.3, 0.4) is 0 Å². The van der Waals surface area contributed by atoms with E-state index in [2.05, 4.69) is 46.0 Å². The van der Waals surface area contributed by atoms with Crippen LogP contribution in [-0.2, 0) is 0 Å². The van der Waals surface area contributed by atoms with E-state index in [1.165, 1.54) is 16.5 Å². The van der Waals surface area contributed by atoms with E-state index in [9.17, 15) is 0 Å². The maximum Gasteiger partial charge on any atom is 0.206 e. The van der Waals surface area contributed by atoms with Gasteiger partial charge in [0.15, 0.2) is 0 Å². The molecule has 0 aromatic rings. The van der Waals surface area contributed by atoms with Crippen LogP contribution in [0.2, 0.25) is 6.82 Å². The summed E-state index contributed by atoms with van der Waals surface area (Å²) in [6.45, 7) is 16.5. The van der Waals surface area contributed by atoms with E-state index in [0.29, 0.717) is 6.71 Å². The van der Waals surface area contributed by atoms with Gasteiger partial charge >= 0.3 is 0 Å². The number of allylic oxidation sites excluding steroid dienone is 8. The van der Waals surface area contributed by atoms with Crippen molar-refractivity contribution in [1.82, 2.24) is 0 Å². The Morgan fingerprint density at radius 2 is 1.80 bits per heavy atom. The van der Waals surface area contributed by atoms with Crippen LogP contribution < -0.4 is 0 Å². The topological polar surface area (TPSA) is 0 Å². The Bertz CT molecular complexity index is 312. The third-order valence-electron chi connectivity index (χ3n) is 2.44. The van der Waals surface area contributed by atoms with Gasteiger partial charge < -0.3 is 0 Å². The lowest BCUT2D eigenvalue weighted by Gasteiger charge is -2.13. The molecule has 0 spiro atoms. The molecule has 80 valence electrons. The van der Waals surface area contributed by atoms with Crippen molar-refractivity contribution in [3.63, 3.8) is 0 Å². The van der Waals surface area contributed by atoms with E-state index in [1.807, 2.05) is 25.2 Å². The van der Waals surface area contributed by atoms with Gasteiger partial charge in [-0.15, -0.1) is 0 Å². The SMILES string of the molecule is C=C/C=C(\C=C)B(C)C(/C=C\C)=C(C)C. The summed E-state index contributed by atoms with van der Waals surface area (Å²) < 4.78 is 0. The third-order valence-corrected chi connectivity index (χ3v) is 2.44. The summed E-state index contributed by atoms with van der Waals surface area (Å²) in [5, 5.41) is 0. The minimum Gasteiger partial charge on any atom is -0.0996 e. The van der Waals surface area contributed by atoms with Crippen LogP contribution in [0.25, 0.3) is 0 Å². The first-order chi connectivity index (χ1) is 7.08. The molecule has 0 heterocycles. The van der Waals surface area contributed by atoms with Crippen LogP contribution in [-0.4, -0.2) is 6.71 Å². The summed E-state index contributed by atoms with van der Waals surface area (Å²) >= 11 is 0. The van der Waals surface area contributed by atoms with Crippen LogP contribution >= 0.6 is 0 Å². The summed E-state index contributed by atoms with van der Waals surface area (Å²) in [7, 11) is 0. The molecule has 0 fully saturated rings. The first kappa shape index (κ1) is 13.8. The van der Waals surface area contributed by atoms with Gasteiger partial charge in [0, 0.05) is 0 Å². The van der Waals surface area contributed by atoms with Crippen molar-refractivity contribution in [1.29, 1.82) is 0 Å². The predicted molar refractivity (Wildman–Crippen MR) is 73.3 cm³/mol. The van der Waals surface area contributed by atoms with Gasteiger partial charge in [-0.25, -0.2) is 0 Å². The minimum absolute atomic E-state index is 0.377. The largest absolute Gasteiger partial charge is 0.206 e. The van der Waals surface area contributed by atoms with Gasteiger partial charge in [-0.3, -0.25) is 0 Å². The highest BCUT2D eigenvalue weighted by Crippen LogP contribution is 2.17. The van der Waals surface area contributed by atoms with Gasteiger partial charge in [0.1, 0.15) is 0 Å². The molecule has 0 radical (unpaired) electrons.